The Morgan fingerprint density at radius 3 is 2.56 bits per heavy atom. The van der Waals surface area contributed by atoms with Crippen LogP contribution in [0.5, 0.6) is 0 Å². The fourth-order valence-electron chi connectivity index (χ4n) is 1.84. The summed E-state index contributed by atoms with van der Waals surface area (Å²) in [4.78, 5) is 1.23. The first kappa shape index (κ1) is 13.7. The lowest BCUT2D eigenvalue weighted by atomic mass is 10.2. The number of hydrogen-bond donors (Lipinski definition) is 1. The highest BCUT2D eigenvalue weighted by atomic mass is 32.2. The summed E-state index contributed by atoms with van der Waals surface area (Å²) in [6.45, 7) is 1.58. The van der Waals surface area contributed by atoms with E-state index in [1.165, 1.54) is 12.3 Å². The van der Waals surface area contributed by atoms with Crippen molar-refractivity contribution in [2.45, 2.75) is 27.9 Å². The zero-order valence-corrected chi connectivity index (χ0v) is 11.9. The molecular weight excluding hydrogens is 270 g/mol. The van der Waals surface area contributed by atoms with Crippen LogP contribution in [0.3, 0.4) is 0 Å². The van der Waals surface area contributed by atoms with Crippen LogP contribution in [0.2, 0.25) is 0 Å². The molecule has 100 valence electrons. The third kappa shape index (κ3) is 3.40. The smallest absolute Gasteiger partial charge is 0.175 e. The van der Waals surface area contributed by atoms with E-state index in [-0.39, 0.29) is 4.90 Å². The molecule has 0 amide bonds. The molecule has 1 aliphatic rings. The third-order valence-electron chi connectivity index (χ3n) is 2.87. The number of anilines is 1. The van der Waals surface area contributed by atoms with Gasteiger partial charge < -0.3 is 10.5 Å². The Morgan fingerprint density at radius 1 is 1.33 bits per heavy atom. The Hall–Kier alpha value is -0.720. The van der Waals surface area contributed by atoms with Gasteiger partial charge in [-0.15, -0.1) is 11.8 Å². The summed E-state index contributed by atoms with van der Waals surface area (Å²) in [5.74, 6) is 0. The number of rotatable bonds is 3. The van der Waals surface area contributed by atoms with Crippen molar-refractivity contribution in [2.24, 2.45) is 0 Å². The first-order chi connectivity index (χ1) is 8.47. The Balaban J connectivity index is 2.14. The Kier molecular flexibility index (Phi) is 4.19. The average Bonchev–Trinajstić information content (AvgIpc) is 2.32. The fourth-order valence-corrected chi connectivity index (χ4v) is 3.62. The summed E-state index contributed by atoms with van der Waals surface area (Å²) in [6, 6.07) is 4.95. The Labute approximate surface area is 112 Å². The van der Waals surface area contributed by atoms with E-state index < -0.39 is 9.84 Å². The monoisotopic (exact) mass is 287 g/mol. The van der Waals surface area contributed by atoms with Gasteiger partial charge in [0.1, 0.15) is 0 Å². The molecule has 2 rings (SSSR count). The molecule has 0 radical (unpaired) electrons. The largest absolute Gasteiger partial charge is 0.398 e. The average molecular weight is 287 g/mol. The highest BCUT2D eigenvalue weighted by molar-refractivity contribution is 8.00. The lowest BCUT2D eigenvalue weighted by molar-refractivity contribution is 0.100. The molecule has 0 bridgehead atoms. The maximum atomic E-state index is 11.4. The number of thioether (sulfide) groups is 1. The predicted molar refractivity (Wildman–Crippen MR) is 73.7 cm³/mol. The second-order valence-corrected chi connectivity index (χ2v) is 7.76. The van der Waals surface area contributed by atoms with Crippen LogP contribution in [0, 0.1) is 0 Å². The van der Waals surface area contributed by atoms with Crippen LogP contribution in [-0.4, -0.2) is 33.1 Å². The molecule has 0 unspecified atom stereocenters. The van der Waals surface area contributed by atoms with Crippen LogP contribution in [0.4, 0.5) is 5.69 Å². The highest BCUT2D eigenvalue weighted by Crippen LogP contribution is 2.34. The first-order valence-corrected chi connectivity index (χ1v) is 8.58. The van der Waals surface area contributed by atoms with E-state index in [1.807, 2.05) is 0 Å². The molecule has 4 nitrogen and oxygen atoms in total. The summed E-state index contributed by atoms with van der Waals surface area (Å²) in [5.41, 5.74) is 6.46. The molecule has 6 heteroatoms. The van der Waals surface area contributed by atoms with Crippen molar-refractivity contribution >= 4 is 27.3 Å². The van der Waals surface area contributed by atoms with Gasteiger partial charge in [-0.25, -0.2) is 8.42 Å². The molecule has 0 aliphatic carbocycles. The van der Waals surface area contributed by atoms with Crippen molar-refractivity contribution in [3.63, 3.8) is 0 Å². The van der Waals surface area contributed by atoms with Crippen LogP contribution in [0.1, 0.15) is 12.8 Å². The van der Waals surface area contributed by atoms with Crippen LogP contribution < -0.4 is 5.73 Å². The topological polar surface area (TPSA) is 69.4 Å². The molecule has 18 heavy (non-hydrogen) atoms. The number of benzene rings is 1. The molecular formula is C12H17NO3S2. The molecule has 1 fully saturated rings. The van der Waals surface area contributed by atoms with E-state index in [0.29, 0.717) is 10.9 Å². The quantitative estimate of drug-likeness (QED) is 0.860. The van der Waals surface area contributed by atoms with Gasteiger partial charge in [0, 0.05) is 35.3 Å². The van der Waals surface area contributed by atoms with E-state index in [2.05, 4.69) is 0 Å². The van der Waals surface area contributed by atoms with Crippen molar-refractivity contribution in [2.75, 3.05) is 25.2 Å². The summed E-state index contributed by atoms with van der Waals surface area (Å²) in [6.07, 6.45) is 3.21. The molecule has 1 saturated heterocycles. The zero-order valence-electron chi connectivity index (χ0n) is 10.3. The second kappa shape index (κ2) is 5.50. The molecule has 1 aromatic carbocycles. The van der Waals surface area contributed by atoms with Gasteiger partial charge in [0.2, 0.25) is 0 Å². The van der Waals surface area contributed by atoms with Crippen molar-refractivity contribution in [3.8, 4) is 0 Å². The van der Waals surface area contributed by atoms with Gasteiger partial charge in [0.05, 0.1) is 4.90 Å². The van der Waals surface area contributed by atoms with Gasteiger partial charge in [-0.1, -0.05) is 0 Å². The van der Waals surface area contributed by atoms with Gasteiger partial charge in [-0.05, 0) is 31.0 Å². The molecule has 1 heterocycles. The highest BCUT2D eigenvalue weighted by Gasteiger charge is 2.17. The van der Waals surface area contributed by atoms with Gasteiger partial charge in [0.15, 0.2) is 9.84 Å². The SMILES string of the molecule is CS(=O)(=O)c1ccc(SC2CCOCC2)c(N)c1. The molecule has 0 aromatic heterocycles. The van der Waals surface area contributed by atoms with Crippen LogP contribution in [0.25, 0.3) is 0 Å². The van der Waals surface area contributed by atoms with Crippen molar-refractivity contribution in [1.29, 1.82) is 0 Å². The summed E-state index contributed by atoms with van der Waals surface area (Å²) >= 11 is 1.71. The van der Waals surface area contributed by atoms with Crippen molar-refractivity contribution in [3.05, 3.63) is 18.2 Å². The number of ether oxygens (including phenoxy) is 1. The first-order valence-electron chi connectivity index (χ1n) is 5.81. The zero-order chi connectivity index (χ0) is 13.2. The lowest BCUT2D eigenvalue weighted by Crippen LogP contribution is -2.17. The van der Waals surface area contributed by atoms with E-state index in [9.17, 15) is 8.42 Å². The van der Waals surface area contributed by atoms with Gasteiger partial charge in [-0.2, -0.15) is 0 Å². The van der Waals surface area contributed by atoms with Gasteiger partial charge >= 0.3 is 0 Å². The van der Waals surface area contributed by atoms with Crippen LogP contribution >= 0.6 is 11.8 Å². The number of sulfone groups is 1. The molecule has 0 atom stereocenters. The maximum Gasteiger partial charge on any atom is 0.175 e. The van der Waals surface area contributed by atoms with Crippen molar-refractivity contribution in [1.82, 2.24) is 0 Å². The van der Waals surface area contributed by atoms with Crippen LogP contribution in [-0.2, 0) is 14.6 Å². The third-order valence-corrected chi connectivity index (χ3v) is 5.41. The number of nitrogen functional groups attached to an aromatic ring is 1. The Morgan fingerprint density at radius 2 is 2.00 bits per heavy atom. The molecule has 0 spiro atoms. The van der Waals surface area contributed by atoms with E-state index in [0.717, 1.165) is 31.0 Å². The standard InChI is InChI=1S/C12H17NO3S2/c1-18(14,15)10-2-3-12(11(13)8-10)17-9-4-6-16-7-5-9/h2-3,8-9H,4-7,13H2,1H3. The fraction of sp³-hybridized carbons (Fsp3) is 0.500. The normalized spacial score (nSPS) is 17.8. The minimum absolute atomic E-state index is 0.274. The molecule has 2 N–H and O–H groups in total. The second-order valence-electron chi connectivity index (χ2n) is 4.40. The summed E-state index contributed by atoms with van der Waals surface area (Å²) < 4.78 is 28.1. The van der Waals surface area contributed by atoms with Gasteiger partial charge in [0.25, 0.3) is 0 Å². The van der Waals surface area contributed by atoms with Gasteiger partial charge in [-0.3, -0.25) is 0 Å². The molecule has 0 saturated carbocycles. The molecule has 1 aromatic rings. The van der Waals surface area contributed by atoms with E-state index in [1.54, 1.807) is 23.9 Å². The number of hydrogen-bond acceptors (Lipinski definition) is 5. The minimum Gasteiger partial charge on any atom is -0.398 e. The molecule has 1 aliphatic heterocycles. The van der Waals surface area contributed by atoms with E-state index >= 15 is 0 Å². The van der Waals surface area contributed by atoms with E-state index in [4.69, 9.17) is 10.5 Å². The Bertz CT molecular complexity index is 522. The predicted octanol–water partition coefficient (Wildman–Crippen LogP) is 1.94. The van der Waals surface area contributed by atoms with Crippen LogP contribution in [0.15, 0.2) is 28.0 Å². The number of nitrogens with two attached hydrogens (primary N) is 1. The lowest BCUT2D eigenvalue weighted by Gasteiger charge is -2.22. The maximum absolute atomic E-state index is 11.4. The van der Waals surface area contributed by atoms with Crippen molar-refractivity contribution < 1.29 is 13.2 Å². The minimum atomic E-state index is -3.18. The summed E-state index contributed by atoms with van der Waals surface area (Å²) in [5, 5.41) is 0.505. The summed E-state index contributed by atoms with van der Waals surface area (Å²) in [7, 11) is -3.18.